The lowest BCUT2D eigenvalue weighted by molar-refractivity contribution is 0.146. The van der Waals surface area contributed by atoms with Crippen molar-refractivity contribution in [3.05, 3.63) is 35.9 Å². The van der Waals surface area contributed by atoms with Gasteiger partial charge in [-0.1, -0.05) is 30.3 Å². The van der Waals surface area contributed by atoms with E-state index in [0.717, 1.165) is 13.1 Å². The summed E-state index contributed by atoms with van der Waals surface area (Å²) in [5, 5.41) is 2.86. The van der Waals surface area contributed by atoms with Crippen LogP contribution in [0.5, 0.6) is 0 Å². The van der Waals surface area contributed by atoms with Crippen molar-refractivity contribution in [3.63, 3.8) is 0 Å². The highest BCUT2D eigenvalue weighted by atomic mass is 16.5. The molecule has 104 valence electrons. The van der Waals surface area contributed by atoms with E-state index in [2.05, 4.69) is 22.3 Å². The number of hydrogen-bond acceptors (Lipinski definition) is 3. The summed E-state index contributed by atoms with van der Waals surface area (Å²) in [6.45, 7) is 5.03. The molecule has 2 rings (SSSR count). The number of nitrogens with zero attached hydrogens (tertiary/aromatic N) is 1. The molecule has 0 radical (unpaired) electrons. The van der Waals surface area contributed by atoms with Crippen LogP contribution in [0.4, 0.5) is 4.79 Å². The van der Waals surface area contributed by atoms with Gasteiger partial charge in [0, 0.05) is 6.54 Å². The normalized spacial score (nSPS) is 17.1. The maximum absolute atomic E-state index is 11.4. The Morgan fingerprint density at radius 2 is 2.00 bits per heavy atom. The number of amides is 1. The zero-order chi connectivity index (χ0) is 13.5. The molecule has 1 heterocycles. The van der Waals surface area contributed by atoms with E-state index in [-0.39, 0.29) is 12.1 Å². The molecular weight excluding hydrogens is 240 g/mol. The van der Waals surface area contributed by atoms with Gasteiger partial charge in [-0.2, -0.15) is 0 Å². The van der Waals surface area contributed by atoms with Gasteiger partial charge in [0.05, 0.1) is 12.6 Å². The number of carbonyl (C=O) groups is 1. The molecule has 1 aromatic carbocycles. The lowest BCUT2D eigenvalue weighted by Crippen LogP contribution is -2.37. The largest absolute Gasteiger partial charge is 0.450 e. The molecule has 0 bridgehead atoms. The summed E-state index contributed by atoms with van der Waals surface area (Å²) in [6.07, 6.45) is 2.15. The number of alkyl carbamates (subject to hydrolysis) is 1. The maximum Gasteiger partial charge on any atom is 0.407 e. The highest BCUT2D eigenvalue weighted by Gasteiger charge is 2.23. The van der Waals surface area contributed by atoms with E-state index in [0.29, 0.717) is 13.2 Å². The van der Waals surface area contributed by atoms with Crippen molar-refractivity contribution >= 4 is 6.09 Å². The second-order valence-electron chi connectivity index (χ2n) is 4.77. The second-order valence-corrected chi connectivity index (χ2v) is 4.77. The van der Waals surface area contributed by atoms with Crippen LogP contribution >= 0.6 is 0 Å². The molecule has 0 saturated carbocycles. The molecule has 4 nitrogen and oxygen atoms in total. The van der Waals surface area contributed by atoms with Crippen LogP contribution in [0.3, 0.4) is 0 Å². The number of carbonyl (C=O) groups excluding carboxylic acids is 1. The van der Waals surface area contributed by atoms with Crippen molar-refractivity contribution in [2.24, 2.45) is 0 Å². The first kappa shape index (κ1) is 13.9. The number of likely N-dealkylation sites (tertiary alicyclic amines) is 1. The van der Waals surface area contributed by atoms with E-state index >= 15 is 0 Å². The molecule has 1 aromatic rings. The predicted octanol–water partition coefficient (Wildman–Crippen LogP) is 2.57. The average molecular weight is 262 g/mol. The van der Waals surface area contributed by atoms with E-state index in [1.807, 2.05) is 25.1 Å². The van der Waals surface area contributed by atoms with E-state index in [1.54, 1.807) is 0 Å². The highest BCUT2D eigenvalue weighted by molar-refractivity contribution is 5.67. The van der Waals surface area contributed by atoms with Gasteiger partial charge < -0.3 is 10.1 Å². The molecule has 1 amide bonds. The van der Waals surface area contributed by atoms with Crippen LogP contribution in [0.15, 0.2) is 30.3 Å². The fourth-order valence-electron chi connectivity index (χ4n) is 2.55. The second kappa shape index (κ2) is 7.14. The third-order valence-corrected chi connectivity index (χ3v) is 3.48. The lowest BCUT2D eigenvalue weighted by Gasteiger charge is -2.28. The first-order valence-corrected chi connectivity index (χ1v) is 7.01. The van der Waals surface area contributed by atoms with Gasteiger partial charge in [0.15, 0.2) is 0 Å². The van der Waals surface area contributed by atoms with Gasteiger partial charge in [0.25, 0.3) is 0 Å². The number of rotatable bonds is 5. The van der Waals surface area contributed by atoms with Crippen LogP contribution in [0.1, 0.15) is 31.4 Å². The van der Waals surface area contributed by atoms with E-state index in [1.165, 1.54) is 18.4 Å². The number of ether oxygens (including phenoxy) is 1. The minimum absolute atomic E-state index is 0.244. The summed E-state index contributed by atoms with van der Waals surface area (Å²) in [7, 11) is 0. The molecular formula is C15H22N2O2. The van der Waals surface area contributed by atoms with Crippen LogP contribution in [0, 0.1) is 0 Å². The van der Waals surface area contributed by atoms with Gasteiger partial charge in [0.1, 0.15) is 0 Å². The quantitative estimate of drug-likeness (QED) is 0.886. The number of nitrogens with one attached hydrogen (secondary N) is 1. The summed E-state index contributed by atoms with van der Waals surface area (Å²) in [4.78, 5) is 13.9. The Kier molecular flexibility index (Phi) is 5.21. The Hall–Kier alpha value is -1.55. The van der Waals surface area contributed by atoms with Crippen LogP contribution in [0.25, 0.3) is 0 Å². The van der Waals surface area contributed by atoms with Crippen molar-refractivity contribution < 1.29 is 9.53 Å². The maximum atomic E-state index is 11.4. The third-order valence-electron chi connectivity index (χ3n) is 3.48. The number of hydrogen-bond donors (Lipinski definition) is 1. The van der Waals surface area contributed by atoms with E-state index < -0.39 is 0 Å². The van der Waals surface area contributed by atoms with Crippen LogP contribution < -0.4 is 5.32 Å². The summed E-state index contributed by atoms with van der Waals surface area (Å²) in [5.74, 6) is 0. The zero-order valence-corrected chi connectivity index (χ0v) is 11.5. The van der Waals surface area contributed by atoms with Gasteiger partial charge in [0.2, 0.25) is 0 Å². The zero-order valence-electron chi connectivity index (χ0n) is 11.5. The summed E-state index contributed by atoms with van der Waals surface area (Å²) in [5.41, 5.74) is 1.25. The molecule has 4 heteroatoms. The van der Waals surface area contributed by atoms with Gasteiger partial charge in [-0.05, 0) is 38.4 Å². The van der Waals surface area contributed by atoms with Gasteiger partial charge >= 0.3 is 6.09 Å². The Morgan fingerprint density at radius 3 is 2.63 bits per heavy atom. The minimum Gasteiger partial charge on any atom is -0.450 e. The molecule has 1 saturated heterocycles. The van der Waals surface area contributed by atoms with Crippen molar-refractivity contribution in [3.8, 4) is 0 Å². The molecule has 1 fully saturated rings. The van der Waals surface area contributed by atoms with Crippen LogP contribution in [-0.2, 0) is 4.74 Å². The topological polar surface area (TPSA) is 41.6 Å². The van der Waals surface area contributed by atoms with Crippen molar-refractivity contribution in [2.75, 3.05) is 26.2 Å². The molecule has 1 N–H and O–H groups in total. The monoisotopic (exact) mass is 262 g/mol. The van der Waals surface area contributed by atoms with E-state index in [9.17, 15) is 4.79 Å². The van der Waals surface area contributed by atoms with Crippen molar-refractivity contribution in [1.29, 1.82) is 0 Å². The summed E-state index contributed by atoms with van der Waals surface area (Å²) < 4.78 is 4.92. The Bertz CT molecular complexity index is 388. The Morgan fingerprint density at radius 1 is 1.32 bits per heavy atom. The molecule has 1 atom stereocenters. The first-order chi connectivity index (χ1) is 9.31. The SMILES string of the molecule is CCOC(=O)NCC(c1ccccc1)N1CCCC1. The van der Waals surface area contributed by atoms with E-state index in [4.69, 9.17) is 4.74 Å². The standard InChI is InChI=1S/C15H22N2O2/c1-2-19-15(18)16-12-14(17-10-6-7-11-17)13-8-4-3-5-9-13/h3-5,8-9,14H,2,6-7,10-12H2,1H3,(H,16,18). The lowest BCUT2D eigenvalue weighted by atomic mass is 10.1. The molecule has 0 aromatic heterocycles. The smallest absolute Gasteiger partial charge is 0.407 e. The summed E-state index contributed by atoms with van der Waals surface area (Å²) >= 11 is 0. The molecule has 1 aliphatic heterocycles. The van der Waals surface area contributed by atoms with Gasteiger partial charge in [-0.15, -0.1) is 0 Å². The van der Waals surface area contributed by atoms with Crippen molar-refractivity contribution in [1.82, 2.24) is 10.2 Å². The fraction of sp³-hybridized carbons (Fsp3) is 0.533. The highest BCUT2D eigenvalue weighted by Crippen LogP contribution is 2.24. The number of benzene rings is 1. The fourth-order valence-corrected chi connectivity index (χ4v) is 2.55. The van der Waals surface area contributed by atoms with Gasteiger partial charge in [-0.3, -0.25) is 4.90 Å². The Balaban J connectivity index is 2.00. The predicted molar refractivity (Wildman–Crippen MR) is 75.0 cm³/mol. The minimum atomic E-state index is -0.331. The first-order valence-electron chi connectivity index (χ1n) is 7.01. The van der Waals surface area contributed by atoms with Gasteiger partial charge in [-0.25, -0.2) is 4.79 Å². The van der Waals surface area contributed by atoms with Crippen LogP contribution in [-0.4, -0.2) is 37.2 Å². The molecule has 1 aliphatic rings. The average Bonchev–Trinajstić information content (AvgIpc) is 2.94. The molecule has 0 spiro atoms. The summed E-state index contributed by atoms with van der Waals surface area (Å²) in [6, 6.07) is 10.6. The van der Waals surface area contributed by atoms with Crippen molar-refractivity contribution in [2.45, 2.75) is 25.8 Å². The third kappa shape index (κ3) is 3.96. The Labute approximate surface area is 114 Å². The van der Waals surface area contributed by atoms with Crippen LogP contribution in [0.2, 0.25) is 0 Å². The molecule has 0 aliphatic carbocycles. The molecule has 1 unspecified atom stereocenters. The molecule has 19 heavy (non-hydrogen) atoms.